The monoisotopic (exact) mass is 678 g/mol. The molecule has 0 fully saturated rings. The number of thioether (sulfide) groups is 1. The number of rotatable bonds is 12. The summed E-state index contributed by atoms with van der Waals surface area (Å²) < 4.78 is 13.3. The zero-order chi connectivity index (χ0) is 34.0. The van der Waals surface area contributed by atoms with Crippen molar-refractivity contribution in [1.82, 2.24) is 10.3 Å². The fourth-order valence-corrected chi connectivity index (χ4v) is 6.42. The number of aromatic nitrogens is 1. The third kappa shape index (κ3) is 9.27. The van der Waals surface area contributed by atoms with Gasteiger partial charge in [-0.05, 0) is 84.1 Å². The standard InChI is InChI=1S/C38H35FN4O3S2/c1-4-34(37(46)43-38-42-33(23-47-38)27-17-19-29(39)20-18-27)48-31-12-8-11-30(22-31)40-36(45)32(41-35(44)28-9-6-5-7-10-28)21-25-13-15-26(16-14-25)24(2)3/h5-24,34H,4H2,1-3H3,(H,40,45)(H,41,44)(H,42,43,46)/b32-21+. The van der Waals surface area contributed by atoms with E-state index < -0.39 is 17.1 Å². The summed E-state index contributed by atoms with van der Waals surface area (Å²) in [7, 11) is 0. The van der Waals surface area contributed by atoms with Crippen molar-refractivity contribution in [3.8, 4) is 11.3 Å². The van der Waals surface area contributed by atoms with Gasteiger partial charge in [0.15, 0.2) is 5.13 Å². The average Bonchev–Trinajstić information content (AvgIpc) is 3.56. The van der Waals surface area contributed by atoms with Crippen molar-refractivity contribution < 1.29 is 18.8 Å². The van der Waals surface area contributed by atoms with Crippen molar-refractivity contribution in [2.75, 3.05) is 10.6 Å². The van der Waals surface area contributed by atoms with Crippen molar-refractivity contribution in [2.45, 2.75) is 43.3 Å². The molecule has 0 aliphatic carbocycles. The van der Waals surface area contributed by atoms with Crippen LogP contribution >= 0.6 is 23.1 Å². The Hall–Kier alpha value is -5.06. The molecular weight excluding hydrogens is 644 g/mol. The molecule has 1 aromatic heterocycles. The second kappa shape index (κ2) is 16.2. The van der Waals surface area contributed by atoms with Crippen LogP contribution in [-0.2, 0) is 9.59 Å². The molecule has 5 rings (SSSR count). The Morgan fingerprint density at radius 3 is 2.31 bits per heavy atom. The molecule has 1 heterocycles. The van der Waals surface area contributed by atoms with E-state index in [0.29, 0.717) is 34.4 Å². The quantitative estimate of drug-likeness (QED) is 0.0904. The predicted octanol–water partition coefficient (Wildman–Crippen LogP) is 8.99. The molecule has 5 aromatic rings. The Balaban J connectivity index is 1.28. The second-order valence-corrected chi connectivity index (χ2v) is 13.4. The Morgan fingerprint density at radius 2 is 1.62 bits per heavy atom. The van der Waals surface area contributed by atoms with Crippen LogP contribution in [0.5, 0.6) is 0 Å². The molecule has 0 bridgehead atoms. The lowest BCUT2D eigenvalue weighted by Crippen LogP contribution is -2.30. The number of benzene rings is 4. The fourth-order valence-electron chi connectivity index (χ4n) is 4.69. The molecule has 3 N–H and O–H groups in total. The molecule has 7 nitrogen and oxygen atoms in total. The highest BCUT2D eigenvalue weighted by molar-refractivity contribution is 8.00. The van der Waals surface area contributed by atoms with Crippen molar-refractivity contribution >= 4 is 57.7 Å². The summed E-state index contributed by atoms with van der Waals surface area (Å²) in [4.78, 5) is 45.1. The molecule has 4 aromatic carbocycles. The summed E-state index contributed by atoms with van der Waals surface area (Å²) in [6, 6.07) is 29.8. The van der Waals surface area contributed by atoms with Crippen molar-refractivity contribution in [1.29, 1.82) is 0 Å². The van der Waals surface area contributed by atoms with Gasteiger partial charge in [-0.2, -0.15) is 0 Å². The minimum atomic E-state index is -0.486. The Bertz CT molecular complexity index is 1910. The van der Waals surface area contributed by atoms with Gasteiger partial charge >= 0.3 is 0 Å². The summed E-state index contributed by atoms with van der Waals surface area (Å²) in [5.74, 6) is -1.05. The number of nitrogens with one attached hydrogen (secondary N) is 3. The van der Waals surface area contributed by atoms with E-state index in [9.17, 15) is 18.8 Å². The molecule has 0 saturated heterocycles. The number of halogens is 1. The van der Waals surface area contributed by atoms with Gasteiger partial charge in [0.1, 0.15) is 11.5 Å². The highest BCUT2D eigenvalue weighted by atomic mass is 32.2. The third-order valence-electron chi connectivity index (χ3n) is 7.35. The summed E-state index contributed by atoms with van der Waals surface area (Å²) in [6.45, 7) is 6.15. The lowest BCUT2D eigenvalue weighted by atomic mass is 10.0. The molecule has 1 atom stereocenters. The number of amides is 3. The van der Waals surface area contributed by atoms with Gasteiger partial charge in [-0.15, -0.1) is 23.1 Å². The number of hydrogen-bond donors (Lipinski definition) is 3. The lowest BCUT2D eigenvalue weighted by molar-refractivity contribution is -0.116. The van der Waals surface area contributed by atoms with Crippen molar-refractivity contribution in [3.05, 3.63) is 137 Å². The van der Waals surface area contributed by atoms with Gasteiger partial charge in [-0.25, -0.2) is 9.37 Å². The van der Waals surface area contributed by atoms with E-state index in [1.807, 2.05) is 48.7 Å². The third-order valence-corrected chi connectivity index (χ3v) is 9.47. The topological polar surface area (TPSA) is 100 Å². The van der Waals surface area contributed by atoms with E-state index in [1.54, 1.807) is 60.7 Å². The first-order valence-electron chi connectivity index (χ1n) is 15.5. The maximum absolute atomic E-state index is 13.6. The predicted molar refractivity (Wildman–Crippen MR) is 194 cm³/mol. The van der Waals surface area contributed by atoms with E-state index in [2.05, 4.69) is 34.8 Å². The first kappa shape index (κ1) is 34.3. The van der Waals surface area contributed by atoms with Crippen LogP contribution in [0.2, 0.25) is 0 Å². The number of carbonyl (C=O) groups is 3. The lowest BCUT2D eigenvalue weighted by Gasteiger charge is -2.15. The van der Waals surface area contributed by atoms with Crippen molar-refractivity contribution in [2.24, 2.45) is 0 Å². The average molecular weight is 679 g/mol. The first-order chi connectivity index (χ1) is 23.2. The molecule has 10 heteroatoms. The van der Waals surface area contributed by atoms with E-state index >= 15 is 0 Å². The SMILES string of the molecule is CCC(Sc1cccc(NC(=O)/C(=C\c2ccc(C(C)C)cc2)NC(=O)c2ccccc2)c1)C(=O)Nc1nc(-c2ccc(F)cc2)cs1. The van der Waals surface area contributed by atoms with Crippen LogP contribution in [0.15, 0.2) is 119 Å². The second-order valence-electron chi connectivity index (χ2n) is 11.2. The minimum absolute atomic E-state index is 0.0912. The number of hydrogen-bond acceptors (Lipinski definition) is 6. The molecule has 244 valence electrons. The van der Waals surface area contributed by atoms with Gasteiger partial charge in [0.25, 0.3) is 11.8 Å². The molecule has 3 amide bonds. The molecule has 0 aliphatic rings. The summed E-state index contributed by atoms with van der Waals surface area (Å²) in [6.07, 6.45) is 2.20. The maximum atomic E-state index is 13.6. The Morgan fingerprint density at radius 1 is 0.896 bits per heavy atom. The smallest absolute Gasteiger partial charge is 0.272 e. The largest absolute Gasteiger partial charge is 0.321 e. The van der Waals surface area contributed by atoms with Crippen LogP contribution in [0.1, 0.15) is 54.6 Å². The van der Waals surface area contributed by atoms with Crippen LogP contribution in [-0.4, -0.2) is 28.0 Å². The molecular formula is C38H35FN4O3S2. The van der Waals surface area contributed by atoms with Gasteiger partial charge in [0.05, 0.1) is 10.9 Å². The van der Waals surface area contributed by atoms with E-state index in [4.69, 9.17) is 0 Å². The highest BCUT2D eigenvalue weighted by Crippen LogP contribution is 2.30. The van der Waals surface area contributed by atoms with E-state index in [0.717, 1.165) is 16.0 Å². The van der Waals surface area contributed by atoms with Gasteiger partial charge in [-0.1, -0.05) is 69.3 Å². The van der Waals surface area contributed by atoms with Gasteiger partial charge < -0.3 is 16.0 Å². The first-order valence-corrected chi connectivity index (χ1v) is 17.2. The molecule has 0 saturated carbocycles. The Labute approximate surface area is 287 Å². The zero-order valence-electron chi connectivity index (χ0n) is 26.7. The molecule has 0 radical (unpaired) electrons. The zero-order valence-corrected chi connectivity index (χ0v) is 28.3. The number of carbonyl (C=O) groups excluding carboxylic acids is 3. The molecule has 48 heavy (non-hydrogen) atoms. The number of anilines is 2. The van der Waals surface area contributed by atoms with E-state index in [1.165, 1.54) is 40.8 Å². The minimum Gasteiger partial charge on any atom is -0.321 e. The van der Waals surface area contributed by atoms with Gasteiger partial charge in [0.2, 0.25) is 5.91 Å². The van der Waals surface area contributed by atoms with Crippen molar-refractivity contribution in [3.63, 3.8) is 0 Å². The summed E-state index contributed by atoms with van der Waals surface area (Å²) in [5.41, 5.74) is 4.38. The van der Waals surface area contributed by atoms with Crippen LogP contribution in [0.25, 0.3) is 17.3 Å². The number of nitrogens with zero attached hydrogens (tertiary/aromatic N) is 1. The van der Waals surface area contributed by atoms with Crippen LogP contribution < -0.4 is 16.0 Å². The maximum Gasteiger partial charge on any atom is 0.272 e. The summed E-state index contributed by atoms with van der Waals surface area (Å²) >= 11 is 2.67. The molecule has 1 unspecified atom stereocenters. The van der Waals surface area contributed by atoms with E-state index in [-0.39, 0.29) is 17.4 Å². The normalized spacial score (nSPS) is 12.0. The van der Waals surface area contributed by atoms with Gasteiger partial charge in [-0.3, -0.25) is 14.4 Å². The molecule has 0 aliphatic heterocycles. The number of thiazole rings is 1. The Kier molecular flexibility index (Phi) is 11.5. The van der Waals surface area contributed by atoms with Crippen LogP contribution in [0.3, 0.4) is 0 Å². The van der Waals surface area contributed by atoms with Crippen LogP contribution in [0.4, 0.5) is 15.2 Å². The fraction of sp³-hybridized carbons (Fsp3) is 0.158. The van der Waals surface area contributed by atoms with Gasteiger partial charge in [0, 0.05) is 27.1 Å². The highest BCUT2D eigenvalue weighted by Gasteiger charge is 2.21. The summed E-state index contributed by atoms with van der Waals surface area (Å²) in [5, 5.41) is 10.4. The molecule has 0 spiro atoms. The van der Waals surface area contributed by atoms with Crippen LogP contribution in [0, 0.1) is 5.82 Å².